The predicted molar refractivity (Wildman–Crippen MR) is 283 cm³/mol. The topological polar surface area (TPSA) is 78.9 Å². The standard InChI is InChI=1S/C60H98O6/c1-4-7-10-13-16-19-22-24-25-26-27-28-29-30-31-32-33-34-35-36-39-41-44-47-50-53-59(62)65-56-57(55-64-58(61)52-49-46-43-40-37-21-18-15-12-9-6-3)66-60(63)54-51-48-45-42-38-23-20-17-14-11-8-5-2/h7,10,15-20,24-25,27-28,30-31,33-34,36,39,57H,4-6,8-9,11-14,21-23,26,29,32,35,37-38,40-56H2,1-3H3/b10-7-,18-15-,19-16-,20-17-,25-24-,28-27-,31-30-,34-33-,39-36-. The monoisotopic (exact) mass is 915 g/mol. The van der Waals surface area contributed by atoms with Gasteiger partial charge in [0.05, 0.1) is 0 Å². The van der Waals surface area contributed by atoms with Crippen molar-refractivity contribution in [1.82, 2.24) is 0 Å². The Kier molecular flexibility index (Phi) is 50.5. The van der Waals surface area contributed by atoms with Crippen molar-refractivity contribution < 1.29 is 28.6 Å². The Bertz CT molecular complexity index is 1370. The molecular formula is C60H98O6. The van der Waals surface area contributed by atoms with Gasteiger partial charge >= 0.3 is 17.9 Å². The smallest absolute Gasteiger partial charge is 0.306 e. The van der Waals surface area contributed by atoms with E-state index in [0.29, 0.717) is 19.3 Å². The number of hydrogen-bond acceptors (Lipinski definition) is 6. The van der Waals surface area contributed by atoms with Crippen LogP contribution in [0.3, 0.4) is 0 Å². The molecule has 0 saturated carbocycles. The Morgan fingerprint density at radius 1 is 0.318 bits per heavy atom. The summed E-state index contributed by atoms with van der Waals surface area (Å²) in [6.07, 6.45) is 72.2. The first-order valence-corrected chi connectivity index (χ1v) is 26.9. The Morgan fingerprint density at radius 2 is 0.606 bits per heavy atom. The van der Waals surface area contributed by atoms with Crippen LogP contribution in [0, 0.1) is 0 Å². The second-order valence-electron chi connectivity index (χ2n) is 17.4. The number of rotatable bonds is 47. The summed E-state index contributed by atoms with van der Waals surface area (Å²) in [6.45, 7) is 6.40. The number of allylic oxidation sites excluding steroid dienone is 18. The lowest BCUT2D eigenvalue weighted by molar-refractivity contribution is -0.167. The third-order valence-electron chi connectivity index (χ3n) is 11.0. The summed E-state index contributed by atoms with van der Waals surface area (Å²) in [5, 5.41) is 0. The minimum atomic E-state index is -0.800. The highest BCUT2D eigenvalue weighted by molar-refractivity contribution is 5.71. The average Bonchev–Trinajstić information content (AvgIpc) is 3.31. The lowest BCUT2D eigenvalue weighted by Crippen LogP contribution is -2.30. The minimum absolute atomic E-state index is 0.0981. The van der Waals surface area contributed by atoms with Crippen molar-refractivity contribution in [3.63, 3.8) is 0 Å². The van der Waals surface area contributed by atoms with E-state index in [-0.39, 0.29) is 31.1 Å². The van der Waals surface area contributed by atoms with Gasteiger partial charge in [0.1, 0.15) is 13.2 Å². The quantitative estimate of drug-likeness (QED) is 0.0262. The molecule has 374 valence electrons. The summed E-state index contributed by atoms with van der Waals surface area (Å²) >= 11 is 0. The predicted octanol–water partition coefficient (Wildman–Crippen LogP) is 17.9. The fourth-order valence-corrected chi connectivity index (χ4v) is 6.93. The fraction of sp³-hybridized carbons (Fsp3) is 0.650. The SMILES string of the molecule is CC/C=C\C/C=C\C/C=C\C/C=C\C/C=C\C/C=C\C/C=C\CCCCCC(=O)OCC(COC(=O)CCCCCCC/C=C\CCCC)OC(=O)CCCCCCC/C=C\CCCCC. The summed E-state index contributed by atoms with van der Waals surface area (Å²) in [5.41, 5.74) is 0. The van der Waals surface area contributed by atoms with Gasteiger partial charge in [-0.15, -0.1) is 0 Å². The van der Waals surface area contributed by atoms with Gasteiger partial charge in [0.25, 0.3) is 0 Å². The highest BCUT2D eigenvalue weighted by Gasteiger charge is 2.19. The fourth-order valence-electron chi connectivity index (χ4n) is 6.93. The third-order valence-corrected chi connectivity index (χ3v) is 11.0. The van der Waals surface area contributed by atoms with Crippen LogP contribution in [0.2, 0.25) is 0 Å². The molecule has 0 fully saturated rings. The first kappa shape index (κ1) is 62.1. The third kappa shape index (κ3) is 51.1. The molecule has 1 unspecified atom stereocenters. The molecule has 6 nitrogen and oxygen atoms in total. The first-order chi connectivity index (χ1) is 32.5. The van der Waals surface area contributed by atoms with Crippen LogP contribution in [0.1, 0.15) is 233 Å². The van der Waals surface area contributed by atoms with E-state index in [9.17, 15) is 14.4 Å². The molecular weight excluding hydrogens is 817 g/mol. The molecule has 0 rings (SSSR count). The molecule has 0 N–H and O–H groups in total. The van der Waals surface area contributed by atoms with Crippen molar-refractivity contribution >= 4 is 17.9 Å². The van der Waals surface area contributed by atoms with Crippen LogP contribution in [0.15, 0.2) is 109 Å². The second-order valence-corrected chi connectivity index (χ2v) is 17.4. The second kappa shape index (κ2) is 53.7. The average molecular weight is 915 g/mol. The van der Waals surface area contributed by atoms with Gasteiger partial charge in [0, 0.05) is 19.3 Å². The minimum Gasteiger partial charge on any atom is -0.462 e. The summed E-state index contributed by atoms with van der Waals surface area (Å²) in [4.78, 5) is 37.9. The van der Waals surface area contributed by atoms with Crippen LogP contribution in [-0.4, -0.2) is 37.2 Å². The maximum Gasteiger partial charge on any atom is 0.306 e. The molecule has 0 spiro atoms. The van der Waals surface area contributed by atoms with E-state index in [2.05, 4.69) is 130 Å². The largest absolute Gasteiger partial charge is 0.462 e. The van der Waals surface area contributed by atoms with Gasteiger partial charge in [0.2, 0.25) is 0 Å². The highest BCUT2D eigenvalue weighted by Crippen LogP contribution is 2.13. The van der Waals surface area contributed by atoms with Gasteiger partial charge in [0.15, 0.2) is 6.10 Å². The molecule has 0 aromatic rings. The van der Waals surface area contributed by atoms with E-state index in [1.807, 2.05) is 0 Å². The summed E-state index contributed by atoms with van der Waals surface area (Å²) in [6, 6.07) is 0. The van der Waals surface area contributed by atoms with Gasteiger partial charge in [-0.2, -0.15) is 0 Å². The number of hydrogen-bond donors (Lipinski definition) is 0. The van der Waals surface area contributed by atoms with Gasteiger partial charge in [-0.25, -0.2) is 0 Å². The normalized spacial score (nSPS) is 13.0. The molecule has 0 bridgehead atoms. The van der Waals surface area contributed by atoms with Crippen molar-refractivity contribution in [2.75, 3.05) is 13.2 Å². The van der Waals surface area contributed by atoms with Gasteiger partial charge in [-0.05, 0) is 122 Å². The van der Waals surface area contributed by atoms with Crippen molar-refractivity contribution in [1.29, 1.82) is 0 Å². The number of carbonyl (C=O) groups is 3. The zero-order valence-corrected chi connectivity index (χ0v) is 42.7. The van der Waals surface area contributed by atoms with Gasteiger partial charge < -0.3 is 14.2 Å². The van der Waals surface area contributed by atoms with E-state index in [4.69, 9.17) is 14.2 Å². The molecule has 0 saturated heterocycles. The van der Waals surface area contributed by atoms with Crippen LogP contribution in [0.25, 0.3) is 0 Å². The molecule has 66 heavy (non-hydrogen) atoms. The Labute approximate surface area is 406 Å². The molecule has 0 amide bonds. The molecule has 0 aromatic heterocycles. The molecule has 0 aliphatic heterocycles. The van der Waals surface area contributed by atoms with Crippen LogP contribution in [0.5, 0.6) is 0 Å². The molecule has 0 aromatic carbocycles. The van der Waals surface area contributed by atoms with Crippen LogP contribution in [-0.2, 0) is 28.6 Å². The maximum atomic E-state index is 12.8. The number of unbranched alkanes of at least 4 members (excludes halogenated alkanes) is 18. The molecule has 0 radical (unpaired) electrons. The highest BCUT2D eigenvalue weighted by atomic mass is 16.6. The molecule has 1 atom stereocenters. The van der Waals surface area contributed by atoms with Gasteiger partial charge in [-0.1, -0.05) is 201 Å². The maximum absolute atomic E-state index is 12.8. The Hall–Kier alpha value is -3.93. The van der Waals surface area contributed by atoms with Crippen LogP contribution in [0.4, 0.5) is 0 Å². The molecule has 0 aliphatic rings. The first-order valence-electron chi connectivity index (χ1n) is 26.9. The summed E-state index contributed by atoms with van der Waals surface area (Å²) < 4.78 is 16.7. The Balaban J connectivity index is 4.39. The molecule has 6 heteroatoms. The summed E-state index contributed by atoms with van der Waals surface area (Å²) in [7, 11) is 0. The van der Waals surface area contributed by atoms with E-state index in [1.165, 1.54) is 57.8 Å². The van der Waals surface area contributed by atoms with Crippen molar-refractivity contribution in [3.05, 3.63) is 109 Å². The van der Waals surface area contributed by atoms with Crippen molar-refractivity contribution in [2.24, 2.45) is 0 Å². The molecule has 0 aliphatic carbocycles. The number of esters is 3. The number of carbonyl (C=O) groups excluding carboxylic acids is 3. The van der Waals surface area contributed by atoms with Crippen LogP contribution >= 0.6 is 0 Å². The van der Waals surface area contributed by atoms with E-state index in [1.54, 1.807) is 0 Å². The van der Waals surface area contributed by atoms with E-state index in [0.717, 1.165) is 135 Å². The number of ether oxygens (including phenoxy) is 3. The van der Waals surface area contributed by atoms with E-state index >= 15 is 0 Å². The zero-order valence-electron chi connectivity index (χ0n) is 42.7. The molecule has 0 heterocycles. The van der Waals surface area contributed by atoms with Crippen molar-refractivity contribution in [3.8, 4) is 0 Å². The van der Waals surface area contributed by atoms with E-state index < -0.39 is 6.10 Å². The zero-order chi connectivity index (χ0) is 47.9. The van der Waals surface area contributed by atoms with Crippen LogP contribution < -0.4 is 0 Å². The lowest BCUT2D eigenvalue weighted by Gasteiger charge is -2.18. The van der Waals surface area contributed by atoms with Gasteiger partial charge in [-0.3, -0.25) is 14.4 Å². The summed E-state index contributed by atoms with van der Waals surface area (Å²) in [5.74, 6) is -0.956. The Morgan fingerprint density at radius 3 is 1.00 bits per heavy atom. The lowest BCUT2D eigenvalue weighted by atomic mass is 10.1. The van der Waals surface area contributed by atoms with Crippen molar-refractivity contribution in [2.45, 2.75) is 239 Å².